The van der Waals surface area contributed by atoms with Crippen molar-refractivity contribution in [2.75, 3.05) is 11.5 Å². The fourth-order valence-electron chi connectivity index (χ4n) is 1.84. The van der Waals surface area contributed by atoms with Gasteiger partial charge in [0, 0.05) is 24.3 Å². The number of nitrogens with zero attached hydrogens (tertiary/aromatic N) is 4. The number of aldehydes is 1. The van der Waals surface area contributed by atoms with Crippen LogP contribution in [-0.2, 0) is 16.4 Å². The Kier molecular flexibility index (Phi) is 4.46. The van der Waals surface area contributed by atoms with Crippen LogP contribution in [0.4, 0.5) is 0 Å². The minimum absolute atomic E-state index is 0.0115. The van der Waals surface area contributed by atoms with E-state index in [-0.39, 0.29) is 18.1 Å². The molecule has 0 spiro atoms. The number of carbonyl (C=O) groups excluding carboxylic acids is 1. The molecule has 0 amide bonds. The molecule has 8 heteroatoms. The fraction of sp³-hybridized carbons (Fsp3) is 0.385. The zero-order valence-electron chi connectivity index (χ0n) is 11.9. The maximum Gasteiger partial charge on any atom is 0.153 e. The summed E-state index contributed by atoms with van der Waals surface area (Å²) < 4.78 is 24.5. The third-order valence-corrected chi connectivity index (χ3v) is 4.78. The Labute approximate surface area is 123 Å². The van der Waals surface area contributed by atoms with Crippen LogP contribution in [0.25, 0.3) is 11.4 Å². The van der Waals surface area contributed by atoms with Gasteiger partial charge in [-0.3, -0.25) is 19.4 Å². The molecule has 112 valence electrons. The van der Waals surface area contributed by atoms with Gasteiger partial charge in [-0.05, 0) is 6.92 Å². The van der Waals surface area contributed by atoms with E-state index in [2.05, 4.69) is 15.1 Å². The molecule has 0 atom stereocenters. The molecule has 2 aromatic rings. The number of aromatic nitrogens is 4. The third-order valence-electron chi connectivity index (χ3n) is 3.09. The minimum Gasteiger partial charge on any atom is -0.298 e. The van der Waals surface area contributed by atoms with E-state index in [0.29, 0.717) is 28.9 Å². The van der Waals surface area contributed by atoms with Gasteiger partial charge in [-0.25, -0.2) is 8.42 Å². The minimum atomic E-state index is -3.08. The molecule has 0 unspecified atom stereocenters. The predicted octanol–water partition coefficient (Wildman–Crippen LogP) is 0.896. The quantitative estimate of drug-likeness (QED) is 0.736. The maximum absolute atomic E-state index is 11.5. The van der Waals surface area contributed by atoms with Crippen LogP contribution in [0.5, 0.6) is 0 Å². The van der Waals surface area contributed by atoms with Crippen LogP contribution < -0.4 is 0 Å². The Morgan fingerprint density at radius 2 is 1.95 bits per heavy atom. The first-order valence-electron chi connectivity index (χ1n) is 6.48. The molecule has 0 N–H and O–H groups in total. The number of aryl methyl sites for hydroxylation is 2. The maximum atomic E-state index is 11.5. The third kappa shape index (κ3) is 3.52. The molecule has 0 fully saturated rings. The summed E-state index contributed by atoms with van der Waals surface area (Å²) in [4.78, 5) is 19.5. The second-order valence-corrected chi connectivity index (χ2v) is 7.01. The lowest BCUT2D eigenvalue weighted by Crippen LogP contribution is -2.15. The smallest absolute Gasteiger partial charge is 0.153 e. The van der Waals surface area contributed by atoms with Crippen molar-refractivity contribution in [1.82, 2.24) is 19.7 Å². The van der Waals surface area contributed by atoms with Gasteiger partial charge in [0.25, 0.3) is 0 Å². The van der Waals surface area contributed by atoms with Gasteiger partial charge < -0.3 is 0 Å². The van der Waals surface area contributed by atoms with E-state index < -0.39 is 9.84 Å². The van der Waals surface area contributed by atoms with Crippen LogP contribution in [0.1, 0.15) is 23.0 Å². The first-order chi connectivity index (χ1) is 9.96. The van der Waals surface area contributed by atoms with Gasteiger partial charge in [-0.1, -0.05) is 6.92 Å². The van der Waals surface area contributed by atoms with Crippen molar-refractivity contribution >= 4 is 16.1 Å². The molecule has 2 heterocycles. The molecule has 2 rings (SSSR count). The van der Waals surface area contributed by atoms with Crippen LogP contribution in [0.2, 0.25) is 0 Å². The Morgan fingerprint density at radius 3 is 2.57 bits per heavy atom. The van der Waals surface area contributed by atoms with Crippen LogP contribution in [-0.4, -0.2) is 46.0 Å². The molecule has 7 nitrogen and oxygen atoms in total. The van der Waals surface area contributed by atoms with Gasteiger partial charge in [0.15, 0.2) is 16.1 Å². The number of hydrogen-bond acceptors (Lipinski definition) is 6. The molecule has 21 heavy (non-hydrogen) atoms. The second kappa shape index (κ2) is 6.13. The SMILES string of the molecule is CCS(=O)(=O)CCn1cc(C=O)c(-c2nccnc2C)n1. The number of carbonyl (C=O) groups is 1. The lowest BCUT2D eigenvalue weighted by atomic mass is 10.2. The van der Waals surface area contributed by atoms with Crippen molar-refractivity contribution < 1.29 is 13.2 Å². The van der Waals surface area contributed by atoms with E-state index in [9.17, 15) is 13.2 Å². The van der Waals surface area contributed by atoms with Gasteiger partial charge in [0.2, 0.25) is 0 Å². The molecule has 0 saturated heterocycles. The molecular weight excluding hydrogens is 292 g/mol. The zero-order chi connectivity index (χ0) is 15.5. The van der Waals surface area contributed by atoms with Gasteiger partial charge in [0.05, 0.1) is 23.6 Å². The Hall–Kier alpha value is -2.09. The molecule has 0 aliphatic rings. The molecule has 0 aromatic carbocycles. The Morgan fingerprint density at radius 1 is 1.24 bits per heavy atom. The first-order valence-corrected chi connectivity index (χ1v) is 8.30. The van der Waals surface area contributed by atoms with E-state index in [1.807, 2.05) is 0 Å². The highest BCUT2D eigenvalue weighted by Gasteiger charge is 2.16. The molecule has 0 saturated carbocycles. The number of hydrogen-bond donors (Lipinski definition) is 0. The molecule has 0 aliphatic heterocycles. The zero-order valence-corrected chi connectivity index (χ0v) is 12.7. The first kappa shape index (κ1) is 15.3. The highest BCUT2D eigenvalue weighted by atomic mass is 32.2. The fourth-order valence-corrected chi connectivity index (χ4v) is 2.59. The summed E-state index contributed by atoms with van der Waals surface area (Å²) in [5, 5.41) is 4.27. The van der Waals surface area contributed by atoms with Crippen molar-refractivity contribution in [2.45, 2.75) is 20.4 Å². The normalized spacial score (nSPS) is 11.5. The molecular formula is C13H16N4O3S. The number of sulfone groups is 1. The van der Waals surface area contributed by atoms with Crippen molar-refractivity contribution in [1.29, 1.82) is 0 Å². The van der Waals surface area contributed by atoms with Crippen LogP contribution >= 0.6 is 0 Å². The summed E-state index contributed by atoms with van der Waals surface area (Å²) in [5.41, 5.74) is 1.97. The molecule has 0 radical (unpaired) electrons. The lowest BCUT2D eigenvalue weighted by molar-refractivity contribution is 0.112. The van der Waals surface area contributed by atoms with Crippen LogP contribution in [0.3, 0.4) is 0 Å². The van der Waals surface area contributed by atoms with E-state index >= 15 is 0 Å². The van der Waals surface area contributed by atoms with Crippen molar-refractivity contribution in [3.05, 3.63) is 29.8 Å². The highest BCUT2D eigenvalue weighted by molar-refractivity contribution is 7.91. The molecule has 0 aliphatic carbocycles. The van der Waals surface area contributed by atoms with E-state index in [1.165, 1.54) is 17.1 Å². The van der Waals surface area contributed by atoms with Gasteiger partial charge in [-0.2, -0.15) is 5.10 Å². The molecule has 2 aromatic heterocycles. The van der Waals surface area contributed by atoms with E-state index in [4.69, 9.17) is 0 Å². The standard InChI is InChI=1S/C13H16N4O3S/c1-3-21(19,20)7-6-17-8-11(9-18)13(16-17)12-10(2)14-4-5-15-12/h4-5,8-9H,3,6-7H2,1-2H3. The highest BCUT2D eigenvalue weighted by Crippen LogP contribution is 2.20. The van der Waals surface area contributed by atoms with Crippen LogP contribution in [0.15, 0.2) is 18.6 Å². The average molecular weight is 308 g/mol. The largest absolute Gasteiger partial charge is 0.298 e. The van der Waals surface area contributed by atoms with Crippen molar-refractivity contribution in [3.8, 4) is 11.4 Å². The monoisotopic (exact) mass is 308 g/mol. The Balaban J connectivity index is 2.33. The number of rotatable bonds is 6. The van der Waals surface area contributed by atoms with Crippen LogP contribution in [0, 0.1) is 6.92 Å². The Bertz CT molecular complexity index is 753. The average Bonchev–Trinajstić information content (AvgIpc) is 2.89. The predicted molar refractivity (Wildman–Crippen MR) is 77.7 cm³/mol. The topological polar surface area (TPSA) is 94.8 Å². The summed E-state index contributed by atoms with van der Waals surface area (Å²) in [6, 6.07) is 0. The van der Waals surface area contributed by atoms with Gasteiger partial charge in [0.1, 0.15) is 11.4 Å². The van der Waals surface area contributed by atoms with Crippen molar-refractivity contribution in [2.24, 2.45) is 0 Å². The van der Waals surface area contributed by atoms with E-state index in [0.717, 1.165) is 0 Å². The summed E-state index contributed by atoms with van der Waals surface area (Å²) >= 11 is 0. The lowest BCUT2D eigenvalue weighted by Gasteiger charge is -2.02. The second-order valence-electron chi connectivity index (χ2n) is 4.54. The summed E-state index contributed by atoms with van der Waals surface area (Å²) in [6.07, 6.45) is 5.30. The summed E-state index contributed by atoms with van der Waals surface area (Å²) in [5.74, 6) is 0.0767. The van der Waals surface area contributed by atoms with Gasteiger partial charge in [-0.15, -0.1) is 0 Å². The summed E-state index contributed by atoms with van der Waals surface area (Å²) in [6.45, 7) is 3.58. The van der Waals surface area contributed by atoms with E-state index in [1.54, 1.807) is 20.0 Å². The molecule has 0 bridgehead atoms. The van der Waals surface area contributed by atoms with Gasteiger partial charge >= 0.3 is 0 Å². The summed E-state index contributed by atoms with van der Waals surface area (Å²) in [7, 11) is -3.08. The van der Waals surface area contributed by atoms with Crippen molar-refractivity contribution in [3.63, 3.8) is 0 Å².